The van der Waals surface area contributed by atoms with Crippen molar-refractivity contribution in [2.75, 3.05) is 5.32 Å². The van der Waals surface area contributed by atoms with Crippen molar-refractivity contribution >= 4 is 11.4 Å². The Kier molecular flexibility index (Phi) is 4.58. The van der Waals surface area contributed by atoms with Gasteiger partial charge in [-0.3, -0.25) is 4.98 Å². The van der Waals surface area contributed by atoms with Crippen LogP contribution >= 0.6 is 0 Å². The van der Waals surface area contributed by atoms with Gasteiger partial charge >= 0.3 is 0 Å². The van der Waals surface area contributed by atoms with Gasteiger partial charge in [-0.15, -0.1) is 0 Å². The number of aromatic nitrogens is 1. The molecule has 0 saturated carbocycles. The van der Waals surface area contributed by atoms with Crippen LogP contribution in [-0.4, -0.2) is 4.98 Å². The fourth-order valence-corrected chi connectivity index (χ4v) is 4.85. The van der Waals surface area contributed by atoms with E-state index in [-0.39, 0.29) is 0 Å². The average molecular weight is 425 g/mol. The molecule has 2 heteroatoms. The van der Waals surface area contributed by atoms with Gasteiger partial charge in [0, 0.05) is 39.8 Å². The molecule has 0 aliphatic carbocycles. The minimum atomic E-state index is 0.978. The summed E-state index contributed by atoms with van der Waals surface area (Å²) in [5.41, 5.74) is 14.2. The second-order valence-electron chi connectivity index (χ2n) is 8.66. The van der Waals surface area contributed by atoms with Crippen molar-refractivity contribution in [3.63, 3.8) is 0 Å². The molecule has 0 atom stereocenters. The number of para-hydroxylation sites is 1. The smallest absolute Gasteiger partial charge is 0.0702 e. The summed E-state index contributed by atoms with van der Waals surface area (Å²) in [5.74, 6) is 0. The topological polar surface area (TPSA) is 24.9 Å². The van der Waals surface area contributed by atoms with E-state index in [1.165, 1.54) is 38.9 Å². The predicted octanol–water partition coefficient (Wildman–Crippen LogP) is 8.42. The van der Waals surface area contributed by atoms with Gasteiger partial charge in [-0.1, -0.05) is 72.8 Å². The van der Waals surface area contributed by atoms with E-state index in [1.54, 1.807) is 0 Å². The molecule has 0 unspecified atom stereocenters. The number of hydrogen-bond acceptors (Lipinski definition) is 2. The number of fused-ring (bicyclic) bond motifs is 6. The van der Waals surface area contributed by atoms with Crippen LogP contribution in [0.4, 0.5) is 11.4 Å². The Morgan fingerprint density at radius 1 is 0.545 bits per heavy atom. The lowest BCUT2D eigenvalue weighted by Gasteiger charge is -2.23. The van der Waals surface area contributed by atoms with Crippen LogP contribution in [0, 0.1) is 13.8 Å². The third-order valence-corrected chi connectivity index (χ3v) is 6.65. The summed E-state index contributed by atoms with van der Waals surface area (Å²) in [5, 5.41) is 3.68. The second-order valence-corrected chi connectivity index (χ2v) is 8.66. The van der Waals surface area contributed by atoms with Gasteiger partial charge in [0.1, 0.15) is 0 Å². The summed E-state index contributed by atoms with van der Waals surface area (Å²) in [6, 6.07) is 34.4. The lowest BCUT2D eigenvalue weighted by Crippen LogP contribution is -2.01. The molecule has 0 radical (unpaired) electrons. The number of nitrogens with one attached hydrogen (secondary N) is 1. The van der Waals surface area contributed by atoms with Crippen molar-refractivity contribution in [3.05, 3.63) is 114 Å². The molecule has 5 aromatic rings. The summed E-state index contributed by atoms with van der Waals surface area (Å²) in [4.78, 5) is 4.83. The quantitative estimate of drug-likeness (QED) is 0.302. The summed E-state index contributed by atoms with van der Waals surface area (Å²) in [6.45, 7) is 4.36. The zero-order valence-corrected chi connectivity index (χ0v) is 18.8. The van der Waals surface area contributed by atoms with Crippen molar-refractivity contribution in [1.29, 1.82) is 0 Å². The molecule has 0 saturated heterocycles. The standard InChI is InChI=1S/C31H24N2/c1-20-8-3-4-9-24(20)23-15-16-29(32-19-23)22-14-17-31-28(18-22)26-12-7-11-25(21(26)2)27-10-5-6-13-30(27)33-31/h3-19,33H,1-2H3. The molecule has 2 heterocycles. The maximum Gasteiger partial charge on any atom is 0.0702 e. The van der Waals surface area contributed by atoms with Crippen LogP contribution in [0.3, 0.4) is 0 Å². The average Bonchev–Trinajstić information content (AvgIpc) is 2.85. The van der Waals surface area contributed by atoms with Crippen molar-refractivity contribution < 1.29 is 0 Å². The first-order valence-electron chi connectivity index (χ1n) is 11.3. The molecule has 6 rings (SSSR count). The van der Waals surface area contributed by atoms with Crippen LogP contribution < -0.4 is 5.32 Å². The van der Waals surface area contributed by atoms with E-state index in [2.05, 4.69) is 116 Å². The molecule has 0 fully saturated rings. The highest BCUT2D eigenvalue weighted by molar-refractivity contribution is 5.95. The van der Waals surface area contributed by atoms with Crippen LogP contribution in [0.1, 0.15) is 11.1 Å². The van der Waals surface area contributed by atoms with Gasteiger partial charge in [0.25, 0.3) is 0 Å². The van der Waals surface area contributed by atoms with Crippen LogP contribution in [0.2, 0.25) is 0 Å². The first kappa shape index (κ1) is 19.5. The van der Waals surface area contributed by atoms with Crippen molar-refractivity contribution in [1.82, 2.24) is 4.98 Å². The van der Waals surface area contributed by atoms with Crippen LogP contribution in [-0.2, 0) is 0 Å². The largest absolute Gasteiger partial charge is 0.355 e. The summed E-state index contributed by atoms with van der Waals surface area (Å²) < 4.78 is 0. The van der Waals surface area contributed by atoms with E-state index in [0.29, 0.717) is 0 Å². The number of pyridine rings is 1. The number of anilines is 2. The maximum atomic E-state index is 4.83. The Balaban J connectivity index is 1.46. The van der Waals surface area contributed by atoms with Gasteiger partial charge in [0.15, 0.2) is 0 Å². The number of hydrogen-bond donors (Lipinski definition) is 1. The minimum Gasteiger partial charge on any atom is -0.355 e. The molecule has 158 valence electrons. The van der Waals surface area contributed by atoms with Crippen LogP contribution in [0.25, 0.3) is 44.6 Å². The van der Waals surface area contributed by atoms with Gasteiger partial charge in [-0.25, -0.2) is 0 Å². The first-order valence-corrected chi connectivity index (χ1v) is 11.3. The fourth-order valence-electron chi connectivity index (χ4n) is 4.85. The molecule has 2 nitrogen and oxygen atoms in total. The Labute approximate surface area is 194 Å². The summed E-state index contributed by atoms with van der Waals surface area (Å²) in [7, 11) is 0. The lowest BCUT2D eigenvalue weighted by atomic mass is 9.88. The van der Waals surface area contributed by atoms with Crippen molar-refractivity contribution in [2.24, 2.45) is 0 Å². The highest BCUT2D eigenvalue weighted by Crippen LogP contribution is 2.43. The zero-order chi connectivity index (χ0) is 22.4. The molecule has 1 aliphatic heterocycles. The number of benzene rings is 4. The number of rotatable bonds is 2. The third kappa shape index (κ3) is 3.32. The molecule has 0 amide bonds. The summed E-state index contributed by atoms with van der Waals surface area (Å²) >= 11 is 0. The second kappa shape index (κ2) is 7.75. The predicted molar refractivity (Wildman–Crippen MR) is 139 cm³/mol. The molecular formula is C31H24N2. The highest BCUT2D eigenvalue weighted by Gasteiger charge is 2.18. The van der Waals surface area contributed by atoms with E-state index in [4.69, 9.17) is 4.98 Å². The SMILES string of the molecule is Cc1ccccc1-c1ccc(-c2ccc3c(c2)-c2cccc(c2C)-c2ccccc2N3)nc1. The van der Waals surface area contributed by atoms with Gasteiger partial charge in [0.2, 0.25) is 0 Å². The third-order valence-electron chi connectivity index (χ3n) is 6.65. The Bertz CT molecular complexity index is 1500. The maximum absolute atomic E-state index is 4.83. The van der Waals surface area contributed by atoms with E-state index < -0.39 is 0 Å². The molecule has 1 N–H and O–H groups in total. The Morgan fingerprint density at radius 2 is 1.21 bits per heavy atom. The van der Waals surface area contributed by atoms with E-state index >= 15 is 0 Å². The van der Waals surface area contributed by atoms with Gasteiger partial charge in [-0.2, -0.15) is 0 Å². The minimum absolute atomic E-state index is 0.978. The van der Waals surface area contributed by atoms with Crippen molar-refractivity contribution in [2.45, 2.75) is 13.8 Å². The molecular weight excluding hydrogens is 400 g/mol. The summed E-state index contributed by atoms with van der Waals surface area (Å²) in [6.07, 6.45) is 1.98. The van der Waals surface area contributed by atoms with E-state index in [1.807, 2.05) is 6.20 Å². The highest BCUT2D eigenvalue weighted by atomic mass is 14.9. The molecule has 1 aromatic heterocycles. The lowest BCUT2D eigenvalue weighted by molar-refractivity contribution is 1.31. The number of nitrogens with zero attached hydrogens (tertiary/aromatic N) is 1. The van der Waals surface area contributed by atoms with Crippen LogP contribution in [0.15, 0.2) is 103 Å². The molecule has 33 heavy (non-hydrogen) atoms. The van der Waals surface area contributed by atoms with E-state index in [0.717, 1.165) is 28.2 Å². The Morgan fingerprint density at radius 3 is 2.00 bits per heavy atom. The van der Waals surface area contributed by atoms with Crippen molar-refractivity contribution in [3.8, 4) is 44.6 Å². The molecule has 2 bridgehead atoms. The Hall–Kier alpha value is -4.17. The molecule has 4 aromatic carbocycles. The monoisotopic (exact) mass is 424 g/mol. The molecule has 1 aliphatic rings. The van der Waals surface area contributed by atoms with Gasteiger partial charge in [-0.05, 0) is 65.9 Å². The normalized spacial score (nSPS) is 11.6. The first-order chi connectivity index (χ1) is 16.2. The van der Waals surface area contributed by atoms with E-state index in [9.17, 15) is 0 Å². The van der Waals surface area contributed by atoms with Gasteiger partial charge in [0.05, 0.1) is 5.69 Å². The molecule has 0 spiro atoms. The fraction of sp³-hybridized carbons (Fsp3) is 0.0645. The number of aryl methyl sites for hydroxylation is 1. The zero-order valence-electron chi connectivity index (χ0n) is 18.8. The van der Waals surface area contributed by atoms with Gasteiger partial charge < -0.3 is 5.32 Å². The van der Waals surface area contributed by atoms with Crippen LogP contribution in [0.5, 0.6) is 0 Å².